The van der Waals surface area contributed by atoms with Crippen molar-refractivity contribution in [2.75, 3.05) is 0 Å². The van der Waals surface area contributed by atoms with Crippen LogP contribution in [0.1, 0.15) is 43.5 Å². The van der Waals surface area contributed by atoms with Crippen molar-refractivity contribution in [3.63, 3.8) is 0 Å². The van der Waals surface area contributed by atoms with Crippen molar-refractivity contribution in [2.45, 2.75) is 44.8 Å². The van der Waals surface area contributed by atoms with Gasteiger partial charge in [0.25, 0.3) is 0 Å². The molecule has 1 saturated carbocycles. The van der Waals surface area contributed by atoms with Crippen LogP contribution in [-0.4, -0.2) is 6.10 Å². The van der Waals surface area contributed by atoms with Crippen LogP contribution in [0.2, 0.25) is 0 Å². The fourth-order valence-corrected chi connectivity index (χ4v) is 2.52. The summed E-state index contributed by atoms with van der Waals surface area (Å²) in [6.07, 6.45) is 5.51. The molecule has 2 nitrogen and oxygen atoms in total. The monoisotopic (exact) mass is 211 g/mol. The van der Waals surface area contributed by atoms with Crippen molar-refractivity contribution >= 4 is 11.3 Å². The average molecular weight is 211 g/mol. The van der Waals surface area contributed by atoms with E-state index in [0.29, 0.717) is 12.1 Å². The third-order valence-electron chi connectivity index (χ3n) is 2.68. The molecule has 1 unspecified atom stereocenters. The molecule has 1 atom stereocenters. The zero-order chi connectivity index (χ0) is 9.80. The first-order valence-electron chi connectivity index (χ1n) is 5.31. The van der Waals surface area contributed by atoms with Gasteiger partial charge in [-0.1, -0.05) is 18.9 Å². The molecule has 0 aliphatic heterocycles. The SMILES string of the molecule is CC(NOC1CCCC1)c1cccs1. The molecular formula is C11H17NOS. The van der Waals surface area contributed by atoms with E-state index in [-0.39, 0.29) is 0 Å². The predicted molar refractivity (Wildman–Crippen MR) is 59.2 cm³/mol. The van der Waals surface area contributed by atoms with Crippen LogP contribution in [-0.2, 0) is 4.84 Å². The molecule has 0 radical (unpaired) electrons. The Hall–Kier alpha value is -0.380. The van der Waals surface area contributed by atoms with Crippen LogP contribution in [0.5, 0.6) is 0 Å². The molecular weight excluding hydrogens is 194 g/mol. The molecule has 0 bridgehead atoms. The lowest BCUT2D eigenvalue weighted by atomic mass is 10.3. The van der Waals surface area contributed by atoms with Gasteiger partial charge in [-0.05, 0) is 31.2 Å². The molecule has 1 fully saturated rings. The van der Waals surface area contributed by atoms with Gasteiger partial charge in [0, 0.05) is 4.88 Å². The standard InChI is InChI=1S/C11H17NOS/c1-9(11-7-4-8-14-11)12-13-10-5-2-3-6-10/h4,7-10,12H,2-3,5-6H2,1H3. The van der Waals surface area contributed by atoms with E-state index in [1.165, 1.54) is 30.6 Å². The minimum atomic E-state index is 0.315. The Bertz CT molecular complexity index is 254. The number of nitrogens with one attached hydrogen (secondary N) is 1. The third-order valence-corrected chi connectivity index (χ3v) is 3.74. The molecule has 1 N–H and O–H groups in total. The molecule has 1 aliphatic carbocycles. The minimum Gasteiger partial charge on any atom is -0.298 e. The first-order valence-corrected chi connectivity index (χ1v) is 6.19. The molecule has 78 valence electrons. The zero-order valence-corrected chi connectivity index (χ0v) is 9.35. The maximum Gasteiger partial charge on any atom is 0.0790 e. The Balaban J connectivity index is 1.74. The second-order valence-corrected chi connectivity index (χ2v) is 4.86. The van der Waals surface area contributed by atoms with Gasteiger partial charge < -0.3 is 0 Å². The van der Waals surface area contributed by atoms with Gasteiger partial charge in [0.15, 0.2) is 0 Å². The summed E-state index contributed by atoms with van der Waals surface area (Å²) in [4.78, 5) is 6.98. The van der Waals surface area contributed by atoms with Crippen LogP contribution in [0.3, 0.4) is 0 Å². The Morgan fingerprint density at radius 2 is 2.29 bits per heavy atom. The van der Waals surface area contributed by atoms with E-state index < -0.39 is 0 Å². The Labute approximate surface area is 89.2 Å². The molecule has 14 heavy (non-hydrogen) atoms. The number of hydroxylamine groups is 1. The fraction of sp³-hybridized carbons (Fsp3) is 0.636. The molecule has 1 aliphatic rings. The van der Waals surface area contributed by atoms with Gasteiger partial charge in [0.1, 0.15) is 0 Å². The van der Waals surface area contributed by atoms with E-state index in [1.807, 2.05) is 0 Å². The number of hydrogen-bond acceptors (Lipinski definition) is 3. The Morgan fingerprint density at radius 3 is 2.93 bits per heavy atom. The molecule has 0 amide bonds. The lowest BCUT2D eigenvalue weighted by Gasteiger charge is -2.16. The van der Waals surface area contributed by atoms with E-state index >= 15 is 0 Å². The third kappa shape index (κ3) is 2.56. The fourth-order valence-electron chi connectivity index (χ4n) is 1.80. The Morgan fingerprint density at radius 1 is 1.50 bits per heavy atom. The van der Waals surface area contributed by atoms with Gasteiger partial charge in [0.05, 0.1) is 12.1 Å². The lowest BCUT2D eigenvalue weighted by molar-refractivity contribution is -0.0371. The van der Waals surface area contributed by atoms with Crippen LogP contribution in [0, 0.1) is 0 Å². The summed E-state index contributed by atoms with van der Waals surface area (Å²) in [6, 6.07) is 4.53. The number of hydrogen-bond donors (Lipinski definition) is 1. The molecule has 1 aromatic rings. The van der Waals surface area contributed by atoms with Gasteiger partial charge in [-0.2, -0.15) is 5.48 Å². The molecule has 1 heterocycles. The highest BCUT2D eigenvalue weighted by Crippen LogP contribution is 2.22. The van der Waals surface area contributed by atoms with Gasteiger partial charge in [-0.15, -0.1) is 11.3 Å². The maximum absolute atomic E-state index is 5.65. The van der Waals surface area contributed by atoms with Crippen LogP contribution in [0.15, 0.2) is 17.5 Å². The van der Waals surface area contributed by atoms with Crippen molar-refractivity contribution in [1.29, 1.82) is 0 Å². The van der Waals surface area contributed by atoms with E-state index in [2.05, 4.69) is 29.9 Å². The highest BCUT2D eigenvalue weighted by atomic mass is 32.1. The smallest absolute Gasteiger partial charge is 0.0790 e. The van der Waals surface area contributed by atoms with Crippen molar-refractivity contribution in [1.82, 2.24) is 5.48 Å². The summed E-state index contributed by atoms with van der Waals surface area (Å²) in [5, 5.41) is 2.10. The quantitative estimate of drug-likeness (QED) is 0.772. The van der Waals surface area contributed by atoms with Crippen LogP contribution < -0.4 is 5.48 Å². The van der Waals surface area contributed by atoms with Crippen LogP contribution in [0.4, 0.5) is 0 Å². The summed E-state index contributed by atoms with van der Waals surface area (Å²) in [5.41, 5.74) is 3.14. The second-order valence-electron chi connectivity index (χ2n) is 3.88. The van der Waals surface area contributed by atoms with Crippen molar-refractivity contribution in [3.8, 4) is 0 Å². The number of thiophene rings is 1. The molecule has 0 aromatic carbocycles. The van der Waals surface area contributed by atoms with E-state index in [1.54, 1.807) is 11.3 Å². The lowest BCUT2D eigenvalue weighted by Crippen LogP contribution is -2.24. The first-order chi connectivity index (χ1) is 6.86. The zero-order valence-electron chi connectivity index (χ0n) is 8.53. The van der Waals surface area contributed by atoms with E-state index in [9.17, 15) is 0 Å². The van der Waals surface area contributed by atoms with E-state index in [0.717, 1.165) is 0 Å². The Kier molecular flexibility index (Phi) is 3.56. The van der Waals surface area contributed by atoms with Gasteiger partial charge in [0.2, 0.25) is 0 Å². The van der Waals surface area contributed by atoms with Crippen molar-refractivity contribution in [2.24, 2.45) is 0 Å². The topological polar surface area (TPSA) is 21.3 Å². The van der Waals surface area contributed by atoms with Crippen LogP contribution >= 0.6 is 11.3 Å². The highest BCUT2D eigenvalue weighted by Gasteiger charge is 2.17. The largest absolute Gasteiger partial charge is 0.298 e. The molecule has 2 rings (SSSR count). The van der Waals surface area contributed by atoms with Gasteiger partial charge in [-0.25, -0.2) is 0 Å². The maximum atomic E-state index is 5.65. The average Bonchev–Trinajstić information content (AvgIpc) is 2.87. The summed E-state index contributed by atoms with van der Waals surface area (Å²) in [7, 11) is 0. The normalized spacial score (nSPS) is 20.1. The van der Waals surface area contributed by atoms with E-state index in [4.69, 9.17) is 4.84 Å². The molecule has 3 heteroatoms. The minimum absolute atomic E-state index is 0.315. The van der Waals surface area contributed by atoms with Crippen LogP contribution in [0.25, 0.3) is 0 Å². The van der Waals surface area contributed by atoms with Gasteiger partial charge >= 0.3 is 0 Å². The molecule has 0 saturated heterocycles. The summed E-state index contributed by atoms with van der Waals surface area (Å²) >= 11 is 1.77. The molecule has 0 spiro atoms. The highest BCUT2D eigenvalue weighted by molar-refractivity contribution is 7.10. The first kappa shape index (κ1) is 10.1. The molecule has 1 aromatic heterocycles. The number of rotatable bonds is 4. The second kappa shape index (κ2) is 4.91. The summed E-state index contributed by atoms with van der Waals surface area (Å²) in [5.74, 6) is 0. The van der Waals surface area contributed by atoms with Crippen molar-refractivity contribution < 1.29 is 4.84 Å². The predicted octanol–water partition coefficient (Wildman–Crippen LogP) is 3.27. The van der Waals surface area contributed by atoms with Crippen molar-refractivity contribution in [3.05, 3.63) is 22.4 Å². The van der Waals surface area contributed by atoms with Gasteiger partial charge in [-0.3, -0.25) is 4.84 Å². The summed E-state index contributed by atoms with van der Waals surface area (Å²) < 4.78 is 0. The summed E-state index contributed by atoms with van der Waals surface area (Å²) in [6.45, 7) is 2.14.